The molecule has 0 atom stereocenters. The molecule has 6 amide bonds. The number of rotatable bonds is 8. The Bertz CT molecular complexity index is 995. The first-order valence-electron chi connectivity index (χ1n) is 10.5. The normalized spacial score (nSPS) is 15.3. The van der Waals surface area contributed by atoms with E-state index in [0.717, 1.165) is 0 Å². The van der Waals surface area contributed by atoms with Gasteiger partial charge in [-0.15, -0.1) is 11.8 Å². The van der Waals surface area contributed by atoms with Crippen LogP contribution in [0.15, 0.2) is 48.5 Å². The lowest BCUT2D eigenvalue weighted by Crippen LogP contribution is -2.27. The van der Waals surface area contributed by atoms with Crippen LogP contribution < -0.4 is 31.1 Å². The predicted octanol–water partition coefficient (Wildman–Crippen LogP) is 2.06. The maximum atomic E-state index is 12.3. The molecule has 11 heteroatoms. The number of carbonyl (C=O) groups is 4. The van der Waals surface area contributed by atoms with Crippen LogP contribution in [0.4, 0.5) is 32.3 Å². The van der Waals surface area contributed by atoms with E-state index < -0.39 is 0 Å². The van der Waals surface area contributed by atoms with Gasteiger partial charge in [0, 0.05) is 48.9 Å². The Morgan fingerprint density at radius 3 is 1.64 bits per heavy atom. The first-order valence-corrected chi connectivity index (χ1v) is 11.6. The zero-order valence-electron chi connectivity index (χ0n) is 17.8. The van der Waals surface area contributed by atoms with Crippen molar-refractivity contribution in [2.75, 3.05) is 58.1 Å². The van der Waals surface area contributed by atoms with Crippen molar-refractivity contribution in [2.24, 2.45) is 0 Å². The van der Waals surface area contributed by atoms with E-state index in [4.69, 9.17) is 0 Å². The van der Waals surface area contributed by atoms with Crippen molar-refractivity contribution in [2.45, 2.75) is 0 Å². The van der Waals surface area contributed by atoms with E-state index in [9.17, 15) is 19.2 Å². The smallest absolute Gasteiger partial charge is 0.321 e. The van der Waals surface area contributed by atoms with Crippen molar-refractivity contribution in [3.8, 4) is 0 Å². The Morgan fingerprint density at radius 2 is 1.24 bits per heavy atom. The van der Waals surface area contributed by atoms with Gasteiger partial charge in [-0.2, -0.15) is 0 Å². The van der Waals surface area contributed by atoms with Crippen molar-refractivity contribution in [3.05, 3.63) is 48.5 Å². The summed E-state index contributed by atoms with van der Waals surface area (Å²) in [6.45, 7) is 2.34. The molecule has 2 aliphatic rings. The minimum atomic E-state index is -0.238. The summed E-state index contributed by atoms with van der Waals surface area (Å²) in [5, 5.41) is 11.1. The van der Waals surface area contributed by atoms with E-state index in [2.05, 4.69) is 21.3 Å². The van der Waals surface area contributed by atoms with Crippen LogP contribution in [-0.2, 0) is 9.59 Å². The summed E-state index contributed by atoms with van der Waals surface area (Å²) in [5.41, 5.74) is 2.60. The summed E-state index contributed by atoms with van der Waals surface area (Å²) in [4.78, 5) is 51.4. The molecule has 2 heterocycles. The van der Waals surface area contributed by atoms with Crippen molar-refractivity contribution < 1.29 is 19.2 Å². The highest BCUT2D eigenvalue weighted by atomic mass is 32.2. The average molecular weight is 469 g/mol. The molecule has 2 fully saturated rings. The highest BCUT2D eigenvalue weighted by Gasteiger charge is 2.22. The fourth-order valence-electron chi connectivity index (χ4n) is 3.57. The number of nitrogens with one attached hydrogen (secondary N) is 4. The van der Waals surface area contributed by atoms with Crippen LogP contribution in [0.1, 0.15) is 0 Å². The molecular formula is C22H24N6O4S. The average Bonchev–Trinajstić information content (AvgIpc) is 3.42. The number of nitrogens with zero attached hydrogens (tertiary/aromatic N) is 2. The predicted molar refractivity (Wildman–Crippen MR) is 129 cm³/mol. The van der Waals surface area contributed by atoms with Crippen LogP contribution in [0.5, 0.6) is 0 Å². The molecule has 2 saturated heterocycles. The molecule has 0 aliphatic carbocycles. The molecule has 0 radical (unpaired) electrons. The maximum absolute atomic E-state index is 12.3. The van der Waals surface area contributed by atoms with Crippen LogP contribution in [0.2, 0.25) is 0 Å². The third-order valence-electron chi connectivity index (χ3n) is 5.06. The first kappa shape index (κ1) is 22.5. The molecule has 0 unspecified atom stereocenters. The van der Waals surface area contributed by atoms with Gasteiger partial charge in [0.15, 0.2) is 0 Å². The first-order chi connectivity index (χ1) is 16.0. The fourth-order valence-corrected chi connectivity index (χ4v) is 4.19. The highest BCUT2D eigenvalue weighted by Crippen LogP contribution is 2.22. The molecule has 2 aromatic rings. The van der Waals surface area contributed by atoms with Crippen molar-refractivity contribution >= 4 is 58.4 Å². The number of carbonyl (C=O) groups excluding carboxylic acids is 4. The van der Waals surface area contributed by atoms with E-state index in [-0.39, 0.29) is 35.4 Å². The van der Waals surface area contributed by atoms with Gasteiger partial charge in [0.05, 0.1) is 11.5 Å². The second-order valence-corrected chi connectivity index (χ2v) is 8.44. The van der Waals surface area contributed by atoms with Gasteiger partial charge in [0.25, 0.3) is 0 Å². The number of amides is 6. The minimum Gasteiger partial charge on any atom is -0.336 e. The quantitative estimate of drug-likeness (QED) is 0.472. The Hall–Kier alpha value is -3.73. The van der Waals surface area contributed by atoms with Gasteiger partial charge in [-0.1, -0.05) is 12.1 Å². The van der Waals surface area contributed by atoms with Crippen LogP contribution in [-0.4, -0.2) is 61.6 Å². The van der Waals surface area contributed by atoms with Crippen molar-refractivity contribution in [1.82, 2.24) is 10.6 Å². The van der Waals surface area contributed by atoms with Gasteiger partial charge in [0.2, 0.25) is 11.8 Å². The summed E-state index contributed by atoms with van der Waals surface area (Å²) in [7, 11) is 0. The van der Waals surface area contributed by atoms with Crippen LogP contribution in [0.25, 0.3) is 0 Å². The monoisotopic (exact) mass is 468 g/mol. The van der Waals surface area contributed by atoms with Crippen molar-refractivity contribution in [3.63, 3.8) is 0 Å². The molecule has 4 N–H and O–H groups in total. The van der Waals surface area contributed by atoms with Gasteiger partial charge in [-0.3, -0.25) is 19.4 Å². The standard InChI is InChI=1S/C22H24N6O4S/c29-19(25-15-3-1-5-17(11-15)27-9-7-23-21(27)31)13-33-14-20(30)26-16-4-2-6-18(12-16)28-10-8-24-22(28)32/h1-6,11-12H,7-10,13-14H2,(H,23,31)(H,24,32)(H,25,29)(H,26,30). The van der Waals surface area contributed by atoms with Gasteiger partial charge < -0.3 is 21.3 Å². The number of hydrogen-bond acceptors (Lipinski definition) is 5. The van der Waals surface area contributed by atoms with Crippen LogP contribution in [0.3, 0.4) is 0 Å². The Kier molecular flexibility index (Phi) is 6.98. The third-order valence-corrected chi connectivity index (χ3v) is 6.00. The topological polar surface area (TPSA) is 123 Å². The molecule has 172 valence electrons. The number of anilines is 4. The summed E-state index contributed by atoms with van der Waals surface area (Å²) in [5.74, 6) is -0.262. The van der Waals surface area contributed by atoms with Gasteiger partial charge in [-0.25, -0.2) is 9.59 Å². The third kappa shape index (κ3) is 5.75. The molecule has 2 aliphatic heterocycles. The SMILES string of the molecule is O=C(CSCC(=O)Nc1cccc(N2CCNC2=O)c1)Nc1cccc(N2CCNC2=O)c1. The van der Waals surface area contributed by atoms with E-state index in [1.165, 1.54) is 11.8 Å². The number of benzene rings is 2. The Balaban J connectivity index is 1.23. The minimum absolute atomic E-state index is 0.107. The molecule has 0 saturated carbocycles. The summed E-state index contributed by atoms with van der Waals surface area (Å²) in [6.07, 6.45) is 0. The molecule has 33 heavy (non-hydrogen) atoms. The molecule has 4 rings (SSSR count). The van der Waals surface area contributed by atoms with Gasteiger partial charge in [-0.05, 0) is 36.4 Å². The molecule has 2 aromatic carbocycles. The molecule has 10 nitrogen and oxygen atoms in total. The number of hydrogen-bond donors (Lipinski definition) is 4. The number of thioether (sulfide) groups is 1. The van der Waals surface area contributed by atoms with Crippen LogP contribution >= 0.6 is 11.8 Å². The molecular weight excluding hydrogens is 444 g/mol. The largest absolute Gasteiger partial charge is 0.336 e. The van der Waals surface area contributed by atoms with Crippen LogP contribution in [0, 0.1) is 0 Å². The van der Waals surface area contributed by atoms with Gasteiger partial charge >= 0.3 is 12.1 Å². The zero-order chi connectivity index (χ0) is 23.2. The van der Waals surface area contributed by atoms with E-state index in [1.807, 2.05) is 12.1 Å². The van der Waals surface area contributed by atoms with E-state index >= 15 is 0 Å². The summed E-state index contributed by atoms with van der Waals surface area (Å²) < 4.78 is 0. The molecule has 0 aromatic heterocycles. The second-order valence-electron chi connectivity index (χ2n) is 7.46. The lowest BCUT2D eigenvalue weighted by Gasteiger charge is -2.15. The molecule has 0 spiro atoms. The highest BCUT2D eigenvalue weighted by molar-refractivity contribution is 8.00. The summed E-state index contributed by atoms with van der Waals surface area (Å²) in [6, 6.07) is 13.8. The van der Waals surface area contributed by atoms with Crippen molar-refractivity contribution in [1.29, 1.82) is 0 Å². The lowest BCUT2D eigenvalue weighted by molar-refractivity contribution is -0.114. The Morgan fingerprint density at radius 1 is 0.788 bits per heavy atom. The van der Waals surface area contributed by atoms with E-state index in [0.29, 0.717) is 48.9 Å². The summed E-state index contributed by atoms with van der Waals surface area (Å²) >= 11 is 1.19. The fraction of sp³-hybridized carbons (Fsp3) is 0.273. The van der Waals surface area contributed by atoms with E-state index in [1.54, 1.807) is 46.2 Å². The second kappa shape index (κ2) is 10.3. The Labute approximate surface area is 195 Å². The zero-order valence-corrected chi connectivity index (χ0v) is 18.6. The number of urea groups is 2. The maximum Gasteiger partial charge on any atom is 0.321 e. The molecule has 0 bridgehead atoms. The lowest BCUT2D eigenvalue weighted by atomic mass is 10.2. The van der Waals surface area contributed by atoms with Gasteiger partial charge in [0.1, 0.15) is 0 Å².